The molecular weight excluding hydrogens is 240 g/mol. The summed E-state index contributed by atoms with van der Waals surface area (Å²) in [5.74, 6) is 1.70. The topological polar surface area (TPSA) is 47.7 Å². The van der Waals surface area contributed by atoms with Gasteiger partial charge in [0.25, 0.3) is 0 Å². The molecule has 0 aliphatic carbocycles. The molecule has 0 spiro atoms. The molecule has 4 nitrogen and oxygen atoms in total. The van der Waals surface area contributed by atoms with E-state index in [4.69, 9.17) is 15.2 Å². The minimum Gasteiger partial charge on any atom is -0.490 e. The van der Waals surface area contributed by atoms with Crippen LogP contribution in [0.3, 0.4) is 0 Å². The predicted octanol–water partition coefficient (Wildman–Crippen LogP) is 2.19. The average Bonchev–Trinajstić information content (AvgIpc) is 2.59. The van der Waals surface area contributed by atoms with E-state index in [1.807, 2.05) is 13.0 Å². The van der Waals surface area contributed by atoms with Gasteiger partial charge in [0, 0.05) is 18.5 Å². The van der Waals surface area contributed by atoms with Crippen molar-refractivity contribution in [2.45, 2.75) is 31.8 Å². The van der Waals surface area contributed by atoms with Gasteiger partial charge in [-0.2, -0.15) is 0 Å². The van der Waals surface area contributed by atoms with Crippen LogP contribution in [0.15, 0.2) is 18.2 Å². The van der Waals surface area contributed by atoms with Gasteiger partial charge in [-0.3, -0.25) is 0 Å². The lowest BCUT2D eigenvalue weighted by atomic mass is 9.99. The first-order valence-corrected chi connectivity index (χ1v) is 6.89. The van der Waals surface area contributed by atoms with Crippen LogP contribution in [0.5, 0.6) is 11.5 Å². The molecule has 0 saturated heterocycles. The Morgan fingerprint density at radius 2 is 1.89 bits per heavy atom. The Labute approximate surface area is 115 Å². The maximum absolute atomic E-state index is 5.95. The summed E-state index contributed by atoms with van der Waals surface area (Å²) in [6.45, 7) is 3.49. The minimum atomic E-state index is 0.170. The zero-order valence-corrected chi connectivity index (χ0v) is 12.1. The summed E-state index contributed by atoms with van der Waals surface area (Å²) >= 11 is 0. The van der Waals surface area contributed by atoms with Gasteiger partial charge >= 0.3 is 0 Å². The summed E-state index contributed by atoms with van der Waals surface area (Å²) in [7, 11) is 4.16. The van der Waals surface area contributed by atoms with E-state index in [2.05, 4.69) is 31.1 Å². The van der Waals surface area contributed by atoms with Crippen LogP contribution < -0.4 is 15.2 Å². The van der Waals surface area contributed by atoms with E-state index in [0.717, 1.165) is 37.6 Å². The van der Waals surface area contributed by atoms with Crippen molar-refractivity contribution in [3.8, 4) is 11.5 Å². The zero-order chi connectivity index (χ0) is 13.8. The van der Waals surface area contributed by atoms with E-state index in [-0.39, 0.29) is 6.04 Å². The van der Waals surface area contributed by atoms with E-state index in [1.54, 1.807) is 0 Å². The molecule has 1 aromatic rings. The molecule has 0 amide bonds. The summed E-state index contributed by atoms with van der Waals surface area (Å²) in [6, 6.07) is 6.68. The van der Waals surface area contributed by atoms with Gasteiger partial charge in [0.15, 0.2) is 11.5 Å². The van der Waals surface area contributed by atoms with Crippen molar-refractivity contribution in [3.05, 3.63) is 23.8 Å². The summed E-state index contributed by atoms with van der Waals surface area (Å²) in [5, 5.41) is 0. The second-order valence-corrected chi connectivity index (χ2v) is 5.45. The SMILES string of the molecule is CC(N)CC(c1ccc2c(c1)OCCCO2)N(C)C. The minimum absolute atomic E-state index is 0.170. The summed E-state index contributed by atoms with van der Waals surface area (Å²) in [6.07, 6.45) is 1.85. The number of rotatable bonds is 4. The molecule has 2 atom stereocenters. The van der Waals surface area contributed by atoms with Crippen LogP contribution >= 0.6 is 0 Å². The van der Waals surface area contributed by atoms with Gasteiger partial charge < -0.3 is 20.1 Å². The first-order valence-electron chi connectivity index (χ1n) is 6.89. The van der Waals surface area contributed by atoms with Crippen LogP contribution in [0.1, 0.15) is 31.4 Å². The Morgan fingerprint density at radius 3 is 2.53 bits per heavy atom. The van der Waals surface area contributed by atoms with Crippen molar-refractivity contribution in [1.82, 2.24) is 4.90 Å². The number of ether oxygens (including phenoxy) is 2. The van der Waals surface area contributed by atoms with E-state index >= 15 is 0 Å². The van der Waals surface area contributed by atoms with Crippen molar-refractivity contribution in [2.75, 3.05) is 27.3 Å². The molecule has 2 N–H and O–H groups in total. The Bertz CT molecular complexity index is 419. The largest absolute Gasteiger partial charge is 0.490 e. The fourth-order valence-electron chi connectivity index (χ4n) is 2.38. The normalized spacial score (nSPS) is 17.9. The number of nitrogens with two attached hydrogens (primary N) is 1. The smallest absolute Gasteiger partial charge is 0.161 e. The molecule has 0 aromatic heterocycles. The van der Waals surface area contributed by atoms with Crippen molar-refractivity contribution >= 4 is 0 Å². The third-order valence-corrected chi connectivity index (χ3v) is 3.37. The van der Waals surface area contributed by atoms with E-state index in [0.29, 0.717) is 6.04 Å². The lowest BCUT2D eigenvalue weighted by Gasteiger charge is -2.27. The van der Waals surface area contributed by atoms with E-state index in [1.165, 1.54) is 5.56 Å². The molecular formula is C15H24N2O2. The molecule has 0 fully saturated rings. The van der Waals surface area contributed by atoms with E-state index in [9.17, 15) is 0 Å². The van der Waals surface area contributed by atoms with Gasteiger partial charge in [0.1, 0.15) is 0 Å². The summed E-state index contributed by atoms with van der Waals surface area (Å²) in [5.41, 5.74) is 7.18. The zero-order valence-electron chi connectivity index (χ0n) is 12.1. The highest BCUT2D eigenvalue weighted by Crippen LogP contribution is 2.34. The Hall–Kier alpha value is -1.26. The molecule has 0 radical (unpaired) electrons. The second-order valence-electron chi connectivity index (χ2n) is 5.45. The van der Waals surface area contributed by atoms with Crippen LogP contribution in [0, 0.1) is 0 Å². The molecule has 2 rings (SSSR count). The van der Waals surface area contributed by atoms with Crippen LogP contribution in [0.4, 0.5) is 0 Å². The molecule has 19 heavy (non-hydrogen) atoms. The predicted molar refractivity (Wildman–Crippen MR) is 76.7 cm³/mol. The third-order valence-electron chi connectivity index (χ3n) is 3.37. The summed E-state index contributed by atoms with van der Waals surface area (Å²) < 4.78 is 11.4. The van der Waals surface area contributed by atoms with Crippen molar-refractivity contribution in [3.63, 3.8) is 0 Å². The number of hydrogen-bond donors (Lipinski definition) is 1. The van der Waals surface area contributed by atoms with Gasteiger partial charge in [-0.1, -0.05) is 6.07 Å². The number of benzene rings is 1. The van der Waals surface area contributed by atoms with Crippen LogP contribution in [-0.4, -0.2) is 38.3 Å². The number of nitrogens with zero attached hydrogens (tertiary/aromatic N) is 1. The first-order chi connectivity index (χ1) is 9.08. The number of fused-ring (bicyclic) bond motifs is 1. The average molecular weight is 264 g/mol. The quantitative estimate of drug-likeness (QED) is 0.905. The van der Waals surface area contributed by atoms with E-state index < -0.39 is 0 Å². The van der Waals surface area contributed by atoms with Crippen molar-refractivity contribution < 1.29 is 9.47 Å². The summed E-state index contributed by atoms with van der Waals surface area (Å²) in [4.78, 5) is 2.20. The molecule has 0 bridgehead atoms. The molecule has 2 unspecified atom stereocenters. The monoisotopic (exact) mass is 264 g/mol. The maximum Gasteiger partial charge on any atom is 0.161 e. The first kappa shape index (κ1) is 14.2. The number of hydrogen-bond acceptors (Lipinski definition) is 4. The van der Waals surface area contributed by atoms with Crippen molar-refractivity contribution in [1.29, 1.82) is 0 Å². The maximum atomic E-state index is 5.95. The van der Waals surface area contributed by atoms with Gasteiger partial charge in [0.2, 0.25) is 0 Å². The fraction of sp³-hybridized carbons (Fsp3) is 0.600. The highest BCUT2D eigenvalue weighted by Gasteiger charge is 2.19. The Morgan fingerprint density at radius 1 is 1.21 bits per heavy atom. The molecule has 1 aliphatic rings. The molecule has 106 valence electrons. The second kappa shape index (κ2) is 6.26. The molecule has 1 heterocycles. The highest BCUT2D eigenvalue weighted by atomic mass is 16.5. The van der Waals surface area contributed by atoms with Crippen LogP contribution in [-0.2, 0) is 0 Å². The Balaban J connectivity index is 2.25. The highest BCUT2D eigenvalue weighted by molar-refractivity contribution is 5.44. The van der Waals surface area contributed by atoms with Crippen LogP contribution in [0.2, 0.25) is 0 Å². The molecule has 0 saturated carbocycles. The van der Waals surface area contributed by atoms with Crippen LogP contribution in [0.25, 0.3) is 0 Å². The lowest BCUT2D eigenvalue weighted by Crippen LogP contribution is -2.27. The lowest BCUT2D eigenvalue weighted by molar-refractivity contribution is 0.270. The molecule has 4 heteroatoms. The standard InChI is InChI=1S/C15H24N2O2/c1-11(16)9-13(17(2)3)12-5-6-14-15(10-12)19-8-4-7-18-14/h5-6,10-11,13H,4,7-9,16H2,1-3H3. The van der Waals surface area contributed by atoms with Gasteiger partial charge in [-0.05, 0) is 45.1 Å². The Kier molecular flexibility index (Phi) is 4.66. The van der Waals surface area contributed by atoms with Gasteiger partial charge in [-0.25, -0.2) is 0 Å². The van der Waals surface area contributed by atoms with Gasteiger partial charge in [0.05, 0.1) is 13.2 Å². The molecule has 1 aliphatic heterocycles. The van der Waals surface area contributed by atoms with Gasteiger partial charge in [-0.15, -0.1) is 0 Å². The molecule has 1 aromatic carbocycles. The third kappa shape index (κ3) is 3.61. The van der Waals surface area contributed by atoms with Crippen molar-refractivity contribution in [2.24, 2.45) is 5.73 Å². The fourth-order valence-corrected chi connectivity index (χ4v) is 2.38.